The summed E-state index contributed by atoms with van der Waals surface area (Å²) >= 11 is 3.22. The topological polar surface area (TPSA) is 78.0 Å². The van der Waals surface area contributed by atoms with Crippen molar-refractivity contribution < 1.29 is 23.8 Å². The Morgan fingerprint density at radius 3 is 2.48 bits per heavy atom. The number of carbonyl (C=O) groups excluding carboxylic acids is 2. The summed E-state index contributed by atoms with van der Waals surface area (Å²) in [4.78, 5) is 32.1. The molecule has 2 heterocycles. The van der Waals surface area contributed by atoms with E-state index in [-0.39, 0.29) is 12.5 Å². The third-order valence-electron chi connectivity index (χ3n) is 5.36. The summed E-state index contributed by atoms with van der Waals surface area (Å²) in [6.45, 7) is 0.711. The summed E-state index contributed by atoms with van der Waals surface area (Å²) in [5.41, 5.74) is 5.39. The molecule has 3 aromatic rings. The lowest BCUT2D eigenvalue weighted by molar-refractivity contribution is -0.135. The van der Waals surface area contributed by atoms with Crippen LogP contribution in [0, 0.1) is 0 Å². The maximum Gasteiger partial charge on any atom is 0.338 e. The number of esters is 1. The quantitative estimate of drug-likeness (QED) is 0.350. The minimum absolute atomic E-state index is 0.223. The second kappa shape index (κ2) is 10.7. The lowest BCUT2D eigenvalue weighted by Gasteiger charge is -2.29. The van der Waals surface area contributed by atoms with E-state index in [1.165, 1.54) is 0 Å². The summed E-state index contributed by atoms with van der Waals surface area (Å²) in [5, 5.41) is 2.02. The molecule has 1 aliphatic heterocycles. The molecule has 0 bridgehead atoms. The van der Waals surface area contributed by atoms with Gasteiger partial charge in [0.1, 0.15) is 0 Å². The van der Waals surface area contributed by atoms with E-state index in [1.54, 1.807) is 54.4 Å². The highest BCUT2D eigenvalue weighted by atomic mass is 32.2. The Kier molecular flexibility index (Phi) is 7.51. The summed E-state index contributed by atoms with van der Waals surface area (Å²) in [7, 11) is 3.19. The lowest BCUT2D eigenvalue weighted by Crippen LogP contribution is -2.38. The average Bonchev–Trinajstić information content (AvgIpc) is 3.38. The third-order valence-corrected chi connectivity index (χ3v) is 7.04. The molecule has 9 heteroatoms. The van der Waals surface area contributed by atoms with Crippen LogP contribution in [0.3, 0.4) is 0 Å². The third kappa shape index (κ3) is 5.66. The van der Waals surface area contributed by atoms with Gasteiger partial charge < -0.3 is 19.1 Å². The van der Waals surface area contributed by atoms with Crippen molar-refractivity contribution in [3.63, 3.8) is 0 Å². The van der Waals surface area contributed by atoms with Crippen LogP contribution in [0.1, 0.15) is 27.2 Å². The van der Waals surface area contributed by atoms with Gasteiger partial charge in [0.15, 0.2) is 18.1 Å². The van der Waals surface area contributed by atoms with Gasteiger partial charge in [0.2, 0.25) is 0 Å². The summed E-state index contributed by atoms with van der Waals surface area (Å²) in [6, 6.07) is 11.0. The molecule has 0 N–H and O–H groups in total. The number of thiazole rings is 1. The highest BCUT2D eigenvalue weighted by molar-refractivity contribution is 7.98. The summed E-state index contributed by atoms with van der Waals surface area (Å²) < 4.78 is 16.0. The zero-order valence-electron chi connectivity index (χ0n) is 18.4. The number of amides is 1. The van der Waals surface area contributed by atoms with Crippen LogP contribution in [-0.2, 0) is 28.2 Å². The predicted octanol–water partition coefficient (Wildman–Crippen LogP) is 4.19. The summed E-state index contributed by atoms with van der Waals surface area (Å²) in [5.74, 6) is 1.35. The van der Waals surface area contributed by atoms with Crippen molar-refractivity contribution in [2.24, 2.45) is 0 Å². The molecule has 0 saturated carbocycles. The normalized spacial score (nSPS) is 12.7. The fraction of sp³-hybridized carbons (Fsp3) is 0.292. The van der Waals surface area contributed by atoms with Crippen LogP contribution >= 0.6 is 23.1 Å². The van der Waals surface area contributed by atoms with Crippen LogP contribution in [0.4, 0.5) is 0 Å². The van der Waals surface area contributed by atoms with Crippen LogP contribution < -0.4 is 9.47 Å². The monoisotopic (exact) mass is 484 g/mol. The van der Waals surface area contributed by atoms with E-state index in [4.69, 9.17) is 14.2 Å². The molecular formula is C24H24N2O5S2. The molecular weight excluding hydrogens is 460 g/mol. The highest BCUT2D eigenvalue weighted by Gasteiger charge is 2.24. The van der Waals surface area contributed by atoms with E-state index in [9.17, 15) is 9.59 Å². The number of hydrogen-bond donors (Lipinski definition) is 0. The van der Waals surface area contributed by atoms with Crippen molar-refractivity contribution in [1.29, 1.82) is 0 Å². The SMILES string of the molecule is COc1cc2c(cc1OC)CN(C(=O)COC(=O)c1ccc(SCc3cscn3)cc1)CC2. The zero-order valence-corrected chi connectivity index (χ0v) is 20.0. The molecule has 1 aliphatic rings. The fourth-order valence-electron chi connectivity index (χ4n) is 3.55. The summed E-state index contributed by atoms with van der Waals surface area (Å²) in [6.07, 6.45) is 0.704. The molecule has 4 rings (SSSR count). The molecule has 1 aromatic heterocycles. The Balaban J connectivity index is 1.29. The van der Waals surface area contributed by atoms with E-state index in [1.807, 2.05) is 35.2 Å². The van der Waals surface area contributed by atoms with Gasteiger partial charge in [-0.1, -0.05) is 0 Å². The predicted molar refractivity (Wildman–Crippen MR) is 127 cm³/mol. The molecule has 1 amide bonds. The van der Waals surface area contributed by atoms with Crippen LogP contribution in [0.2, 0.25) is 0 Å². The second-order valence-electron chi connectivity index (χ2n) is 7.41. The number of carbonyl (C=O) groups is 2. The van der Waals surface area contributed by atoms with E-state index >= 15 is 0 Å². The molecule has 7 nitrogen and oxygen atoms in total. The maximum atomic E-state index is 12.7. The largest absolute Gasteiger partial charge is 0.493 e. The van der Waals surface area contributed by atoms with Crippen molar-refractivity contribution in [1.82, 2.24) is 9.88 Å². The number of nitrogens with zero attached hydrogens (tertiary/aromatic N) is 2. The van der Waals surface area contributed by atoms with Crippen molar-refractivity contribution >= 4 is 35.0 Å². The first kappa shape index (κ1) is 23.1. The number of thioether (sulfide) groups is 1. The molecule has 0 aliphatic carbocycles. The minimum Gasteiger partial charge on any atom is -0.493 e. The Hall–Kier alpha value is -3.04. The highest BCUT2D eigenvalue weighted by Crippen LogP contribution is 2.33. The number of aromatic nitrogens is 1. The first-order valence-corrected chi connectivity index (χ1v) is 12.3. The van der Waals surface area contributed by atoms with Crippen molar-refractivity contribution in [2.45, 2.75) is 23.6 Å². The van der Waals surface area contributed by atoms with Crippen LogP contribution in [0.25, 0.3) is 0 Å². The van der Waals surface area contributed by atoms with Crippen LogP contribution in [0.5, 0.6) is 11.5 Å². The number of benzene rings is 2. The van der Waals surface area contributed by atoms with Crippen LogP contribution in [0.15, 0.2) is 52.2 Å². The maximum absolute atomic E-state index is 12.7. The number of fused-ring (bicyclic) bond motifs is 1. The first-order valence-electron chi connectivity index (χ1n) is 10.4. The first-order chi connectivity index (χ1) is 16.1. The number of ether oxygens (including phenoxy) is 3. The van der Waals surface area contributed by atoms with Crippen molar-refractivity contribution in [3.8, 4) is 11.5 Å². The second-order valence-corrected chi connectivity index (χ2v) is 9.18. The Labute approximate surface area is 200 Å². The van der Waals surface area contributed by atoms with E-state index < -0.39 is 5.97 Å². The standard InChI is InChI=1S/C24H24N2O5S2/c1-29-21-9-17-7-8-26(11-18(17)10-22(21)30-2)23(27)12-31-24(28)16-3-5-20(6-4-16)33-14-19-13-32-15-25-19/h3-6,9-10,13,15H,7-8,11-12,14H2,1-2H3. The van der Waals surface area contributed by atoms with Gasteiger partial charge in [0.25, 0.3) is 5.91 Å². The number of methoxy groups -OCH3 is 2. The molecule has 0 spiro atoms. The molecule has 0 saturated heterocycles. The minimum atomic E-state index is -0.511. The molecule has 0 unspecified atom stereocenters. The molecule has 2 aromatic carbocycles. The van der Waals surface area contributed by atoms with Gasteiger partial charge in [-0.2, -0.15) is 0 Å². The number of hydrogen-bond acceptors (Lipinski definition) is 8. The Morgan fingerprint density at radius 1 is 1.09 bits per heavy atom. The van der Waals surface area contributed by atoms with E-state index in [0.717, 1.165) is 27.5 Å². The molecule has 0 atom stereocenters. The Morgan fingerprint density at radius 2 is 1.82 bits per heavy atom. The van der Waals surface area contributed by atoms with Crippen LogP contribution in [-0.4, -0.2) is 49.1 Å². The zero-order chi connectivity index (χ0) is 23.2. The van der Waals surface area contributed by atoms with Crippen molar-refractivity contribution in [3.05, 3.63) is 69.7 Å². The average molecular weight is 485 g/mol. The fourth-order valence-corrected chi connectivity index (χ4v) is 5.02. The van der Waals surface area contributed by atoms with Gasteiger partial charge >= 0.3 is 5.97 Å². The van der Waals surface area contributed by atoms with Gasteiger partial charge in [-0.15, -0.1) is 23.1 Å². The number of rotatable bonds is 8. The van der Waals surface area contributed by atoms with Gasteiger partial charge in [-0.05, 0) is 53.9 Å². The van der Waals surface area contributed by atoms with Gasteiger partial charge in [0, 0.05) is 29.1 Å². The smallest absolute Gasteiger partial charge is 0.338 e. The molecule has 33 heavy (non-hydrogen) atoms. The van der Waals surface area contributed by atoms with Crippen molar-refractivity contribution in [2.75, 3.05) is 27.4 Å². The van der Waals surface area contributed by atoms with Gasteiger partial charge in [-0.3, -0.25) is 4.79 Å². The van der Waals surface area contributed by atoms with E-state index in [0.29, 0.717) is 36.6 Å². The lowest BCUT2D eigenvalue weighted by atomic mass is 9.99. The molecule has 172 valence electrons. The van der Waals surface area contributed by atoms with E-state index in [2.05, 4.69) is 4.98 Å². The van der Waals surface area contributed by atoms with Gasteiger partial charge in [0.05, 0.1) is 31.0 Å². The van der Waals surface area contributed by atoms with Gasteiger partial charge in [-0.25, -0.2) is 9.78 Å². The molecule has 0 fully saturated rings. The molecule has 0 radical (unpaired) electrons. The Bertz CT molecular complexity index is 1120.